The number of nitrogens with zero attached hydrogens (tertiary/aromatic N) is 2. The van der Waals surface area contributed by atoms with E-state index in [9.17, 15) is 4.79 Å². The minimum atomic E-state index is -0.149. The van der Waals surface area contributed by atoms with E-state index in [-0.39, 0.29) is 6.03 Å². The van der Waals surface area contributed by atoms with Gasteiger partial charge in [-0.1, -0.05) is 6.42 Å². The molecule has 2 saturated heterocycles. The number of amides is 2. The molecule has 0 saturated carbocycles. The fourth-order valence-electron chi connectivity index (χ4n) is 4.15. The first kappa shape index (κ1) is 20.0. The Labute approximate surface area is 163 Å². The predicted octanol–water partition coefficient (Wildman–Crippen LogP) is 3.16. The van der Waals surface area contributed by atoms with Gasteiger partial charge in [-0.3, -0.25) is 0 Å². The van der Waals surface area contributed by atoms with Gasteiger partial charge in [0, 0.05) is 18.3 Å². The fourth-order valence-corrected chi connectivity index (χ4v) is 4.15. The second-order valence-electron chi connectivity index (χ2n) is 7.63. The Kier molecular flexibility index (Phi) is 7.78. The highest BCUT2D eigenvalue weighted by molar-refractivity contribution is 5.89. The Morgan fingerprint density at radius 3 is 2.44 bits per heavy atom. The summed E-state index contributed by atoms with van der Waals surface area (Å²) in [4.78, 5) is 17.2. The molecular formula is C21H34N4O2. The highest BCUT2D eigenvalue weighted by Gasteiger charge is 2.25. The Bertz CT molecular complexity index is 564. The Morgan fingerprint density at radius 1 is 1.07 bits per heavy atom. The number of rotatable bonds is 7. The summed E-state index contributed by atoms with van der Waals surface area (Å²) in [6.45, 7) is 6.76. The van der Waals surface area contributed by atoms with Crippen LogP contribution < -0.4 is 15.4 Å². The van der Waals surface area contributed by atoms with Crippen LogP contribution in [0.25, 0.3) is 0 Å². The van der Waals surface area contributed by atoms with E-state index < -0.39 is 0 Å². The number of carbonyl (C=O) groups is 1. The van der Waals surface area contributed by atoms with Crippen LogP contribution in [-0.2, 0) is 0 Å². The number of ether oxygens (including phenoxy) is 1. The summed E-state index contributed by atoms with van der Waals surface area (Å²) in [5.41, 5.74) is 0.771. The summed E-state index contributed by atoms with van der Waals surface area (Å²) in [6.07, 6.45) is 7.75. The summed E-state index contributed by atoms with van der Waals surface area (Å²) in [7, 11) is 1.63. The third-order valence-corrected chi connectivity index (χ3v) is 5.75. The molecule has 0 spiro atoms. The first-order valence-electron chi connectivity index (χ1n) is 10.4. The molecule has 150 valence electrons. The van der Waals surface area contributed by atoms with Gasteiger partial charge >= 0.3 is 6.03 Å². The lowest BCUT2D eigenvalue weighted by Crippen LogP contribution is -2.47. The molecule has 2 N–H and O–H groups in total. The monoisotopic (exact) mass is 374 g/mol. The van der Waals surface area contributed by atoms with Crippen molar-refractivity contribution < 1.29 is 9.53 Å². The zero-order chi connectivity index (χ0) is 18.9. The Morgan fingerprint density at radius 2 is 1.78 bits per heavy atom. The van der Waals surface area contributed by atoms with Crippen LogP contribution in [0.2, 0.25) is 0 Å². The van der Waals surface area contributed by atoms with E-state index in [0.717, 1.165) is 30.4 Å². The summed E-state index contributed by atoms with van der Waals surface area (Å²) in [5, 5.41) is 5.79. The minimum Gasteiger partial charge on any atom is -0.497 e. The van der Waals surface area contributed by atoms with Gasteiger partial charge in [-0.05, 0) is 89.1 Å². The largest absolute Gasteiger partial charge is 0.497 e. The van der Waals surface area contributed by atoms with E-state index in [1.807, 2.05) is 24.3 Å². The number of benzene rings is 1. The van der Waals surface area contributed by atoms with Crippen LogP contribution in [0.15, 0.2) is 24.3 Å². The number of piperidine rings is 2. The first-order chi connectivity index (χ1) is 13.2. The molecule has 1 aromatic carbocycles. The van der Waals surface area contributed by atoms with E-state index in [4.69, 9.17) is 4.74 Å². The van der Waals surface area contributed by atoms with Crippen LogP contribution in [0.3, 0.4) is 0 Å². The summed E-state index contributed by atoms with van der Waals surface area (Å²) < 4.78 is 5.12. The van der Waals surface area contributed by atoms with E-state index in [0.29, 0.717) is 6.54 Å². The number of methoxy groups -OCH3 is 1. The van der Waals surface area contributed by atoms with Crippen molar-refractivity contribution in [1.29, 1.82) is 0 Å². The SMILES string of the molecule is COc1ccc(NC(=O)NCCCN2CCC(N3CCCCC3)CC2)cc1. The van der Waals surface area contributed by atoms with Crippen molar-refractivity contribution in [2.45, 2.75) is 44.6 Å². The maximum atomic E-state index is 12.0. The molecule has 1 aromatic rings. The average Bonchev–Trinajstić information content (AvgIpc) is 2.73. The van der Waals surface area contributed by atoms with Crippen molar-refractivity contribution in [3.8, 4) is 5.75 Å². The molecule has 6 heteroatoms. The van der Waals surface area contributed by atoms with Crippen LogP contribution in [0, 0.1) is 0 Å². The number of likely N-dealkylation sites (tertiary alicyclic amines) is 2. The molecule has 0 radical (unpaired) electrons. The molecule has 2 fully saturated rings. The topological polar surface area (TPSA) is 56.8 Å². The molecule has 0 atom stereocenters. The molecule has 27 heavy (non-hydrogen) atoms. The lowest BCUT2D eigenvalue weighted by Gasteiger charge is -2.40. The van der Waals surface area contributed by atoms with Gasteiger partial charge in [-0.2, -0.15) is 0 Å². The Balaban J connectivity index is 1.26. The number of carbonyl (C=O) groups excluding carboxylic acids is 1. The maximum Gasteiger partial charge on any atom is 0.319 e. The summed E-state index contributed by atoms with van der Waals surface area (Å²) in [5.74, 6) is 0.782. The van der Waals surface area contributed by atoms with Crippen LogP contribution in [0.5, 0.6) is 5.75 Å². The van der Waals surface area contributed by atoms with Crippen molar-refractivity contribution in [3.63, 3.8) is 0 Å². The molecular weight excluding hydrogens is 340 g/mol. The molecule has 6 nitrogen and oxygen atoms in total. The van der Waals surface area contributed by atoms with Gasteiger partial charge in [0.1, 0.15) is 5.75 Å². The molecule has 3 rings (SSSR count). The van der Waals surface area contributed by atoms with Gasteiger partial charge in [0.15, 0.2) is 0 Å². The first-order valence-corrected chi connectivity index (χ1v) is 10.4. The summed E-state index contributed by atoms with van der Waals surface area (Å²) >= 11 is 0. The Hall–Kier alpha value is -1.79. The third kappa shape index (κ3) is 6.40. The molecule has 2 amide bonds. The van der Waals surface area contributed by atoms with Crippen LogP contribution in [-0.4, -0.2) is 68.3 Å². The van der Waals surface area contributed by atoms with Crippen LogP contribution in [0.4, 0.5) is 10.5 Å². The molecule has 0 aliphatic carbocycles. The van der Waals surface area contributed by atoms with Crippen molar-refractivity contribution in [1.82, 2.24) is 15.1 Å². The van der Waals surface area contributed by atoms with Crippen LogP contribution >= 0.6 is 0 Å². The smallest absolute Gasteiger partial charge is 0.319 e. The maximum absolute atomic E-state index is 12.0. The van der Waals surface area contributed by atoms with Crippen molar-refractivity contribution in [3.05, 3.63) is 24.3 Å². The van der Waals surface area contributed by atoms with Crippen molar-refractivity contribution in [2.24, 2.45) is 0 Å². The fraction of sp³-hybridized carbons (Fsp3) is 0.667. The number of urea groups is 1. The second-order valence-corrected chi connectivity index (χ2v) is 7.63. The quantitative estimate of drug-likeness (QED) is 0.720. The van der Waals surface area contributed by atoms with E-state index in [2.05, 4.69) is 20.4 Å². The molecule has 2 heterocycles. The second kappa shape index (κ2) is 10.5. The number of hydrogen-bond acceptors (Lipinski definition) is 4. The van der Waals surface area contributed by atoms with E-state index >= 15 is 0 Å². The van der Waals surface area contributed by atoms with Gasteiger partial charge in [0.25, 0.3) is 0 Å². The summed E-state index contributed by atoms with van der Waals surface area (Å²) in [6, 6.07) is 8.00. The highest BCUT2D eigenvalue weighted by atomic mass is 16.5. The van der Waals surface area contributed by atoms with E-state index in [1.165, 1.54) is 58.3 Å². The van der Waals surface area contributed by atoms with Gasteiger partial charge in [0.2, 0.25) is 0 Å². The van der Waals surface area contributed by atoms with Gasteiger partial charge in [-0.25, -0.2) is 4.79 Å². The standard InChI is InChI=1S/C21H34N4O2/c1-27-20-8-6-18(7-9-20)23-21(26)22-12-5-13-24-16-10-19(11-17-24)25-14-3-2-4-15-25/h6-9,19H,2-5,10-17H2,1H3,(H2,22,23,26). The predicted molar refractivity (Wildman–Crippen MR) is 110 cm³/mol. The van der Waals surface area contributed by atoms with Crippen molar-refractivity contribution >= 4 is 11.7 Å². The number of hydrogen-bond donors (Lipinski definition) is 2. The normalized spacial score (nSPS) is 19.6. The zero-order valence-electron chi connectivity index (χ0n) is 16.6. The molecule has 2 aliphatic heterocycles. The third-order valence-electron chi connectivity index (χ3n) is 5.75. The van der Waals surface area contributed by atoms with E-state index in [1.54, 1.807) is 7.11 Å². The molecule has 0 unspecified atom stereocenters. The lowest BCUT2D eigenvalue weighted by atomic mass is 10.00. The minimum absolute atomic E-state index is 0.149. The van der Waals surface area contributed by atoms with Gasteiger partial charge in [-0.15, -0.1) is 0 Å². The van der Waals surface area contributed by atoms with Gasteiger partial charge < -0.3 is 25.2 Å². The molecule has 0 bridgehead atoms. The highest BCUT2D eigenvalue weighted by Crippen LogP contribution is 2.20. The zero-order valence-corrected chi connectivity index (χ0v) is 16.6. The van der Waals surface area contributed by atoms with Crippen LogP contribution in [0.1, 0.15) is 38.5 Å². The molecule has 0 aromatic heterocycles. The number of anilines is 1. The van der Waals surface area contributed by atoms with Gasteiger partial charge in [0.05, 0.1) is 7.11 Å². The average molecular weight is 375 g/mol. The molecule has 2 aliphatic rings. The lowest BCUT2D eigenvalue weighted by molar-refractivity contribution is 0.0922. The number of nitrogens with one attached hydrogen (secondary N) is 2. The van der Waals surface area contributed by atoms with Crippen molar-refractivity contribution in [2.75, 3.05) is 51.7 Å².